The molecule has 2 N–H and O–H groups in total. The first-order valence-corrected chi connectivity index (χ1v) is 4.51. The number of nitrogens with one attached hydrogen (secondary N) is 1. The van der Waals surface area contributed by atoms with E-state index < -0.39 is 6.04 Å². The average Bonchev–Trinajstić information content (AvgIpc) is 2.28. The minimum atomic E-state index is -0.524. The fourth-order valence-electron chi connectivity index (χ4n) is 1.46. The lowest BCUT2D eigenvalue weighted by Crippen LogP contribution is -2.39. The number of carbonyl (C=O) groups is 1. The highest BCUT2D eigenvalue weighted by Gasteiger charge is 2.27. The highest BCUT2D eigenvalue weighted by Crippen LogP contribution is 2.36. The van der Waals surface area contributed by atoms with Gasteiger partial charge in [0.15, 0.2) is 17.5 Å². The molecule has 0 bridgehead atoms. The van der Waals surface area contributed by atoms with Crippen LogP contribution in [0.25, 0.3) is 0 Å². The summed E-state index contributed by atoms with van der Waals surface area (Å²) in [5.41, 5.74) is 0.594. The van der Waals surface area contributed by atoms with E-state index in [1.54, 1.807) is 12.1 Å². The van der Waals surface area contributed by atoms with Gasteiger partial charge >= 0.3 is 5.97 Å². The number of ether oxygens (including phenoxy) is 2. The highest BCUT2D eigenvalue weighted by molar-refractivity contribution is 5.81. The summed E-state index contributed by atoms with van der Waals surface area (Å²) in [6, 6.07) is 4.40. The van der Waals surface area contributed by atoms with Crippen molar-refractivity contribution in [2.45, 2.75) is 6.04 Å². The quantitative estimate of drug-likeness (QED) is 0.667. The average molecular weight is 209 g/mol. The first kappa shape index (κ1) is 9.64. The molecule has 0 spiro atoms. The maximum atomic E-state index is 11.2. The first-order chi connectivity index (χ1) is 7.22. The van der Waals surface area contributed by atoms with E-state index in [0.29, 0.717) is 11.4 Å². The van der Waals surface area contributed by atoms with Crippen molar-refractivity contribution in [3.05, 3.63) is 18.2 Å². The SMILES string of the molecule is COC(=O)C1COc2c(O)cccc2N1. The summed E-state index contributed by atoms with van der Waals surface area (Å²) in [4.78, 5) is 11.2. The van der Waals surface area contributed by atoms with Gasteiger partial charge in [-0.1, -0.05) is 6.07 Å². The highest BCUT2D eigenvalue weighted by atomic mass is 16.5. The van der Waals surface area contributed by atoms with Gasteiger partial charge in [-0.25, -0.2) is 4.79 Å². The van der Waals surface area contributed by atoms with Gasteiger partial charge in [-0.15, -0.1) is 0 Å². The van der Waals surface area contributed by atoms with Crippen LogP contribution in [-0.4, -0.2) is 30.8 Å². The second-order valence-electron chi connectivity index (χ2n) is 3.18. The zero-order valence-electron chi connectivity index (χ0n) is 8.19. The zero-order chi connectivity index (χ0) is 10.8. The number of anilines is 1. The fourth-order valence-corrected chi connectivity index (χ4v) is 1.46. The predicted molar refractivity (Wildman–Crippen MR) is 53.0 cm³/mol. The molecule has 1 aliphatic heterocycles. The van der Waals surface area contributed by atoms with Crippen LogP contribution >= 0.6 is 0 Å². The second kappa shape index (κ2) is 3.68. The molecule has 1 aromatic rings. The molecule has 0 fully saturated rings. The van der Waals surface area contributed by atoms with E-state index in [1.165, 1.54) is 13.2 Å². The number of fused-ring (bicyclic) bond motifs is 1. The topological polar surface area (TPSA) is 67.8 Å². The van der Waals surface area contributed by atoms with Crippen molar-refractivity contribution in [1.82, 2.24) is 0 Å². The summed E-state index contributed by atoms with van der Waals surface area (Å²) < 4.78 is 9.87. The van der Waals surface area contributed by atoms with E-state index >= 15 is 0 Å². The summed E-state index contributed by atoms with van der Waals surface area (Å²) in [5.74, 6) is 0.0463. The van der Waals surface area contributed by atoms with Gasteiger partial charge in [-0.3, -0.25) is 0 Å². The Morgan fingerprint density at radius 1 is 1.67 bits per heavy atom. The van der Waals surface area contributed by atoms with Crippen molar-refractivity contribution >= 4 is 11.7 Å². The molecule has 1 heterocycles. The first-order valence-electron chi connectivity index (χ1n) is 4.51. The Hall–Kier alpha value is -1.91. The Morgan fingerprint density at radius 2 is 2.47 bits per heavy atom. The predicted octanol–water partition coefficient (Wildman–Crippen LogP) is 0.738. The number of benzene rings is 1. The molecule has 0 radical (unpaired) electrons. The molecule has 0 aliphatic carbocycles. The number of aromatic hydroxyl groups is 1. The molecule has 0 aromatic heterocycles. The molecule has 80 valence electrons. The lowest BCUT2D eigenvalue weighted by molar-refractivity contribution is -0.142. The van der Waals surface area contributed by atoms with Crippen LogP contribution in [0, 0.1) is 0 Å². The largest absolute Gasteiger partial charge is 0.504 e. The number of esters is 1. The molecule has 1 atom stereocenters. The van der Waals surface area contributed by atoms with Crippen molar-refractivity contribution in [2.75, 3.05) is 19.0 Å². The number of phenolic OH excluding ortho intramolecular Hbond substituents is 1. The van der Waals surface area contributed by atoms with Crippen molar-refractivity contribution in [1.29, 1.82) is 0 Å². The summed E-state index contributed by atoms with van der Waals surface area (Å²) in [6.07, 6.45) is 0. The smallest absolute Gasteiger partial charge is 0.331 e. The van der Waals surface area contributed by atoms with Crippen LogP contribution < -0.4 is 10.1 Å². The van der Waals surface area contributed by atoms with Crippen LogP contribution in [-0.2, 0) is 9.53 Å². The molecule has 5 heteroatoms. The number of hydrogen-bond acceptors (Lipinski definition) is 5. The Kier molecular flexibility index (Phi) is 2.37. The van der Waals surface area contributed by atoms with Gasteiger partial charge in [0.1, 0.15) is 6.61 Å². The van der Waals surface area contributed by atoms with Crippen LogP contribution in [0.15, 0.2) is 18.2 Å². The molecule has 0 saturated heterocycles. The number of para-hydroxylation sites is 1. The summed E-state index contributed by atoms with van der Waals surface area (Å²) in [7, 11) is 1.32. The molecule has 1 aromatic carbocycles. The standard InChI is InChI=1S/C10H11NO4/c1-14-10(13)7-5-15-9-6(11-7)3-2-4-8(9)12/h2-4,7,11-12H,5H2,1H3. The summed E-state index contributed by atoms with van der Waals surface area (Å²) in [5, 5.41) is 12.4. The van der Waals surface area contributed by atoms with Crippen LogP contribution in [0.1, 0.15) is 0 Å². The molecule has 2 rings (SSSR count). The third-order valence-corrected chi connectivity index (χ3v) is 2.20. The van der Waals surface area contributed by atoms with E-state index in [9.17, 15) is 9.90 Å². The van der Waals surface area contributed by atoms with Gasteiger partial charge in [0.2, 0.25) is 0 Å². The number of carbonyl (C=O) groups excluding carboxylic acids is 1. The van der Waals surface area contributed by atoms with E-state index in [2.05, 4.69) is 10.1 Å². The van der Waals surface area contributed by atoms with E-state index in [4.69, 9.17) is 4.74 Å². The lowest BCUT2D eigenvalue weighted by atomic mass is 10.2. The third kappa shape index (κ3) is 1.68. The second-order valence-corrected chi connectivity index (χ2v) is 3.18. The van der Waals surface area contributed by atoms with Crippen molar-refractivity contribution in [2.24, 2.45) is 0 Å². The molecule has 1 unspecified atom stereocenters. The third-order valence-electron chi connectivity index (χ3n) is 2.20. The zero-order valence-corrected chi connectivity index (χ0v) is 8.19. The number of methoxy groups -OCH3 is 1. The monoisotopic (exact) mass is 209 g/mol. The normalized spacial score (nSPS) is 18.3. The van der Waals surface area contributed by atoms with Crippen LogP contribution in [0.2, 0.25) is 0 Å². The number of hydrogen-bond donors (Lipinski definition) is 2. The Morgan fingerprint density at radius 3 is 3.20 bits per heavy atom. The molecule has 0 saturated carbocycles. The maximum Gasteiger partial charge on any atom is 0.331 e. The van der Waals surface area contributed by atoms with Gasteiger partial charge in [-0.2, -0.15) is 0 Å². The van der Waals surface area contributed by atoms with E-state index in [-0.39, 0.29) is 18.3 Å². The van der Waals surface area contributed by atoms with Crippen molar-refractivity contribution < 1.29 is 19.4 Å². The lowest BCUT2D eigenvalue weighted by Gasteiger charge is -2.25. The van der Waals surface area contributed by atoms with Crippen molar-refractivity contribution in [3.8, 4) is 11.5 Å². The Balaban J connectivity index is 2.24. The van der Waals surface area contributed by atoms with Gasteiger partial charge in [0.05, 0.1) is 12.8 Å². The Bertz CT molecular complexity index is 391. The molecule has 1 aliphatic rings. The van der Waals surface area contributed by atoms with Crippen LogP contribution in [0.5, 0.6) is 11.5 Å². The summed E-state index contributed by atoms with van der Waals surface area (Å²) in [6.45, 7) is 0.150. The van der Waals surface area contributed by atoms with Crippen LogP contribution in [0.4, 0.5) is 5.69 Å². The van der Waals surface area contributed by atoms with Crippen molar-refractivity contribution in [3.63, 3.8) is 0 Å². The fraction of sp³-hybridized carbons (Fsp3) is 0.300. The van der Waals surface area contributed by atoms with Gasteiger partial charge in [-0.05, 0) is 12.1 Å². The minimum absolute atomic E-state index is 0.0586. The number of phenols is 1. The van der Waals surface area contributed by atoms with E-state index in [1.807, 2.05) is 0 Å². The molecule has 15 heavy (non-hydrogen) atoms. The minimum Gasteiger partial charge on any atom is -0.504 e. The van der Waals surface area contributed by atoms with Crippen LogP contribution in [0.3, 0.4) is 0 Å². The van der Waals surface area contributed by atoms with Gasteiger partial charge in [0.25, 0.3) is 0 Å². The van der Waals surface area contributed by atoms with Gasteiger partial charge < -0.3 is 19.9 Å². The Labute approximate surface area is 86.6 Å². The molecular formula is C10H11NO4. The summed E-state index contributed by atoms with van der Waals surface area (Å²) >= 11 is 0. The maximum absolute atomic E-state index is 11.2. The molecule has 5 nitrogen and oxygen atoms in total. The molecule has 0 amide bonds. The molecular weight excluding hydrogens is 198 g/mol. The van der Waals surface area contributed by atoms with E-state index in [0.717, 1.165) is 0 Å². The number of rotatable bonds is 1. The van der Waals surface area contributed by atoms with Gasteiger partial charge in [0, 0.05) is 0 Å².